The molecule has 1 N–H and O–H groups in total. The topological polar surface area (TPSA) is 43.8 Å². The quantitative estimate of drug-likeness (QED) is 0.657. The number of aliphatic imine (C=N–C) groups is 1. The molecule has 7 heteroatoms. The Morgan fingerprint density at radius 1 is 1.38 bits per heavy atom. The van der Waals surface area contributed by atoms with E-state index in [9.17, 15) is 0 Å². The monoisotopic (exact) mass is 367 g/mol. The van der Waals surface area contributed by atoms with Gasteiger partial charge in [0.05, 0.1) is 12.2 Å². The number of hydrogen-bond acceptors (Lipinski definition) is 5. The molecule has 134 valence electrons. The fourth-order valence-electron chi connectivity index (χ4n) is 3.61. The summed E-state index contributed by atoms with van der Waals surface area (Å²) in [5, 5.41) is 6.70. The van der Waals surface area contributed by atoms with Crippen molar-refractivity contribution in [1.29, 1.82) is 0 Å². The van der Waals surface area contributed by atoms with E-state index in [1.54, 1.807) is 11.3 Å². The van der Waals surface area contributed by atoms with E-state index in [2.05, 4.69) is 42.2 Å². The van der Waals surface area contributed by atoms with Gasteiger partial charge in [-0.05, 0) is 12.8 Å². The molecular formula is C17H29N5S2. The van der Waals surface area contributed by atoms with Crippen LogP contribution in [0.25, 0.3) is 0 Å². The van der Waals surface area contributed by atoms with Crippen molar-refractivity contribution in [3.05, 3.63) is 11.1 Å². The van der Waals surface area contributed by atoms with Crippen LogP contribution in [0.3, 0.4) is 0 Å². The number of rotatable bonds is 3. The van der Waals surface area contributed by atoms with E-state index < -0.39 is 0 Å². The van der Waals surface area contributed by atoms with E-state index in [1.807, 2.05) is 21.1 Å². The highest BCUT2D eigenvalue weighted by Crippen LogP contribution is 2.42. The zero-order chi connectivity index (χ0) is 17.0. The second-order valence-electron chi connectivity index (χ2n) is 6.93. The molecule has 2 fully saturated rings. The van der Waals surface area contributed by atoms with Crippen LogP contribution in [0.5, 0.6) is 0 Å². The van der Waals surface area contributed by atoms with Crippen molar-refractivity contribution in [2.45, 2.75) is 43.4 Å². The summed E-state index contributed by atoms with van der Waals surface area (Å²) in [6, 6.07) is 0. The van der Waals surface area contributed by atoms with Crippen LogP contribution in [0.1, 0.15) is 37.8 Å². The van der Waals surface area contributed by atoms with Crippen LogP contribution in [-0.2, 0) is 6.54 Å². The van der Waals surface area contributed by atoms with Crippen molar-refractivity contribution in [3.63, 3.8) is 0 Å². The van der Waals surface area contributed by atoms with Crippen LogP contribution >= 0.6 is 23.1 Å². The Kier molecular flexibility index (Phi) is 5.92. The van der Waals surface area contributed by atoms with Crippen molar-refractivity contribution >= 4 is 34.2 Å². The first-order valence-corrected chi connectivity index (χ1v) is 10.7. The zero-order valence-corrected chi connectivity index (χ0v) is 16.7. The average Bonchev–Trinajstić information content (AvgIpc) is 3.06. The summed E-state index contributed by atoms with van der Waals surface area (Å²) in [5.41, 5.74) is 1.09. The van der Waals surface area contributed by atoms with Gasteiger partial charge in [0.15, 0.2) is 11.1 Å². The smallest absolute Gasteiger partial charge is 0.194 e. The van der Waals surface area contributed by atoms with Gasteiger partial charge in [0.2, 0.25) is 0 Å². The van der Waals surface area contributed by atoms with Crippen molar-refractivity contribution in [3.8, 4) is 0 Å². The molecule has 2 aliphatic rings. The maximum atomic E-state index is 4.65. The maximum absolute atomic E-state index is 4.65. The van der Waals surface area contributed by atoms with Gasteiger partial charge in [-0.25, -0.2) is 4.98 Å². The number of aromatic nitrogens is 1. The van der Waals surface area contributed by atoms with Crippen LogP contribution < -0.4 is 10.2 Å². The number of thioether (sulfide) groups is 1. The molecule has 3 rings (SSSR count). The maximum Gasteiger partial charge on any atom is 0.194 e. The molecule has 1 aliphatic heterocycles. The minimum atomic E-state index is 0.465. The Hall–Kier alpha value is -0.950. The van der Waals surface area contributed by atoms with Gasteiger partial charge in [-0.15, -0.1) is 11.3 Å². The molecule has 1 saturated heterocycles. The third kappa shape index (κ3) is 4.17. The lowest BCUT2D eigenvalue weighted by atomic mass is 9.87. The van der Waals surface area contributed by atoms with Gasteiger partial charge in [-0.3, -0.25) is 4.99 Å². The Morgan fingerprint density at radius 3 is 2.83 bits per heavy atom. The molecule has 0 aromatic carbocycles. The lowest BCUT2D eigenvalue weighted by Gasteiger charge is -2.45. The number of thiazole rings is 1. The predicted octanol–water partition coefficient (Wildman–Crippen LogP) is 3.04. The number of guanidine groups is 1. The zero-order valence-electron chi connectivity index (χ0n) is 15.0. The van der Waals surface area contributed by atoms with Crippen LogP contribution in [0, 0.1) is 0 Å². The molecule has 0 atom stereocenters. The molecule has 0 bridgehead atoms. The van der Waals surface area contributed by atoms with Gasteiger partial charge in [-0.1, -0.05) is 19.3 Å². The molecule has 1 aliphatic carbocycles. The second kappa shape index (κ2) is 7.95. The summed E-state index contributed by atoms with van der Waals surface area (Å²) in [7, 11) is 5.96. The minimum Gasteiger partial charge on any atom is -0.354 e. The predicted molar refractivity (Wildman–Crippen MR) is 106 cm³/mol. The number of nitrogens with one attached hydrogen (secondary N) is 1. The highest BCUT2D eigenvalue weighted by molar-refractivity contribution is 8.00. The molecule has 5 nitrogen and oxygen atoms in total. The van der Waals surface area contributed by atoms with Gasteiger partial charge in [0.25, 0.3) is 0 Å². The molecular weight excluding hydrogens is 338 g/mol. The summed E-state index contributed by atoms with van der Waals surface area (Å²) >= 11 is 3.89. The number of nitrogens with zero attached hydrogens (tertiary/aromatic N) is 4. The largest absolute Gasteiger partial charge is 0.354 e. The third-order valence-electron chi connectivity index (χ3n) is 4.87. The van der Waals surface area contributed by atoms with Gasteiger partial charge < -0.3 is 15.1 Å². The first kappa shape index (κ1) is 17.9. The van der Waals surface area contributed by atoms with Crippen molar-refractivity contribution in [1.82, 2.24) is 15.2 Å². The van der Waals surface area contributed by atoms with Crippen LogP contribution in [0.2, 0.25) is 0 Å². The van der Waals surface area contributed by atoms with Crippen molar-refractivity contribution < 1.29 is 0 Å². The van der Waals surface area contributed by atoms with Crippen LogP contribution in [-0.4, -0.2) is 60.6 Å². The fraction of sp³-hybridized carbons (Fsp3) is 0.765. The molecule has 24 heavy (non-hydrogen) atoms. The summed E-state index contributed by atoms with van der Waals surface area (Å²) in [6.07, 6.45) is 6.91. The first-order valence-electron chi connectivity index (χ1n) is 8.83. The van der Waals surface area contributed by atoms with Gasteiger partial charge in [0.1, 0.15) is 0 Å². The molecule has 1 aromatic heterocycles. The number of hydrogen-bond donors (Lipinski definition) is 1. The highest BCUT2D eigenvalue weighted by Gasteiger charge is 2.38. The van der Waals surface area contributed by atoms with Gasteiger partial charge >= 0.3 is 0 Å². The Balaban J connectivity index is 1.59. The Labute approximate surface area is 153 Å². The van der Waals surface area contributed by atoms with Crippen molar-refractivity contribution in [2.24, 2.45) is 4.99 Å². The highest BCUT2D eigenvalue weighted by atomic mass is 32.2. The summed E-state index contributed by atoms with van der Waals surface area (Å²) in [5.74, 6) is 2.24. The van der Waals surface area contributed by atoms with E-state index in [1.165, 1.54) is 37.9 Å². The fourth-order valence-corrected chi connectivity index (χ4v) is 5.94. The molecule has 1 saturated carbocycles. The first-order chi connectivity index (χ1) is 11.6. The Bertz CT molecular complexity index is 558. The van der Waals surface area contributed by atoms with Crippen molar-refractivity contribution in [2.75, 3.05) is 44.9 Å². The van der Waals surface area contributed by atoms with E-state index in [0.717, 1.165) is 36.4 Å². The molecule has 0 amide bonds. The summed E-state index contributed by atoms with van der Waals surface area (Å²) < 4.78 is 0.465. The Morgan fingerprint density at radius 2 is 2.17 bits per heavy atom. The molecule has 1 spiro atoms. The van der Waals surface area contributed by atoms with Crippen LogP contribution in [0.15, 0.2) is 10.4 Å². The van der Waals surface area contributed by atoms with Gasteiger partial charge in [0, 0.05) is 50.1 Å². The SMILES string of the molecule is CN=C(NCc1csc(N(C)C)n1)N1CCSC2(CCCCC2)C1. The minimum absolute atomic E-state index is 0.465. The molecule has 0 unspecified atom stereocenters. The second-order valence-corrected chi connectivity index (χ2v) is 9.33. The van der Waals surface area contributed by atoms with E-state index >= 15 is 0 Å². The number of anilines is 1. The van der Waals surface area contributed by atoms with Gasteiger partial charge in [-0.2, -0.15) is 11.8 Å². The van der Waals surface area contributed by atoms with E-state index in [0.29, 0.717) is 4.75 Å². The normalized spacial score (nSPS) is 21.1. The molecule has 1 aromatic rings. The van der Waals surface area contributed by atoms with Crippen LogP contribution in [0.4, 0.5) is 5.13 Å². The van der Waals surface area contributed by atoms with E-state index in [4.69, 9.17) is 0 Å². The lowest BCUT2D eigenvalue weighted by molar-refractivity contribution is 0.293. The average molecular weight is 368 g/mol. The molecule has 0 radical (unpaired) electrons. The summed E-state index contributed by atoms with van der Waals surface area (Å²) in [6.45, 7) is 2.97. The standard InChI is InChI=1S/C17H29N5S2/c1-18-15(19-11-14-12-23-16(20-14)21(2)3)22-9-10-24-17(13-22)7-5-4-6-8-17/h12H,4-11,13H2,1-3H3,(H,18,19). The molecule has 2 heterocycles. The summed E-state index contributed by atoms with van der Waals surface area (Å²) in [4.78, 5) is 13.7. The third-order valence-corrected chi connectivity index (χ3v) is 7.47. The van der Waals surface area contributed by atoms with E-state index in [-0.39, 0.29) is 0 Å². The lowest BCUT2D eigenvalue weighted by Crippen LogP contribution is -2.53.